The Kier molecular flexibility index (Phi) is 4.23. The summed E-state index contributed by atoms with van der Waals surface area (Å²) in [5.41, 5.74) is 7.10. The number of fused-ring (bicyclic) bond motifs is 1. The van der Waals surface area contributed by atoms with Crippen LogP contribution in [0.5, 0.6) is 0 Å². The Morgan fingerprint density at radius 3 is 2.92 bits per heavy atom. The molecule has 8 heteroatoms. The molecule has 5 nitrogen and oxygen atoms in total. The highest BCUT2D eigenvalue weighted by molar-refractivity contribution is 14.1. The zero-order valence-corrected chi connectivity index (χ0v) is 16.0. The number of carbonyl (C=O) groups is 1. The lowest BCUT2D eigenvalue weighted by molar-refractivity contribution is -0.129. The van der Waals surface area contributed by atoms with Crippen LogP contribution >= 0.6 is 34.2 Å². The summed E-state index contributed by atoms with van der Waals surface area (Å²) in [7, 11) is 0. The fraction of sp³-hybridized carbons (Fsp3) is 0.294. The lowest BCUT2D eigenvalue weighted by Gasteiger charge is -2.33. The third-order valence-corrected chi connectivity index (χ3v) is 5.68. The lowest BCUT2D eigenvalue weighted by Crippen LogP contribution is -2.39. The van der Waals surface area contributed by atoms with E-state index in [1.54, 1.807) is 12.3 Å². The van der Waals surface area contributed by atoms with Gasteiger partial charge in [0.15, 0.2) is 5.82 Å². The van der Waals surface area contributed by atoms with Crippen LogP contribution in [-0.2, 0) is 4.79 Å². The summed E-state index contributed by atoms with van der Waals surface area (Å²) in [6, 6.07) is 2.94. The number of anilines is 1. The molecule has 2 aromatic rings. The van der Waals surface area contributed by atoms with Gasteiger partial charge in [0.05, 0.1) is 21.0 Å². The number of aromatic nitrogens is 2. The minimum atomic E-state index is -0.565. The predicted molar refractivity (Wildman–Crippen MR) is 102 cm³/mol. The van der Waals surface area contributed by atoms with Gasteiger partial charge in [-0.1, -0.05) is 11.6 Å². The van der Waals surface area contributed by atoms with Crippen molar-refractivity contribution in [1.82, 2.24) is 14.9 Å². The first-order valence-corrected chi connectivity index (χ1v) is 9.38. The second-order valence-electron chi connectivity index (χ2n) is 6.31. The molecule has 2 aliphatic rings. The van der Waals surface area contributed by atoms with E-state index >= 15 is 0 Å². The monoisotopic (exact) mass is 472 g/mol. The van der Waals surface area contributed by atoms with E-state index in [-0.39, 0.29) is 28.6 Å². The normalized spacial score (nSPS) is 22.9. The minimum absolute atomic E-state index is 0.00874. The lowest BCUT2D eigenvalue weighted by atomic mass is 9.92. The maximum Gasteiger partial charge on any atom is 0.247 e. The van der Waals surface area contributed by atoms with Crippen molar-refractivity contribution in [1.29, 1.82) is 0 Å². The first-order valence-electron chi connectivity index (χ1n) is 7.93. The predicted octanol–water partition coefficient (Wildman–Crippen LogP) is 3.91. The van der Waals surface area contributed by atoms with E-state index in [2.05, 4.69) is 32.6 Å². The number of benzene rings is 1. The Morgan fingerprint density at radius 1 is 1.40 bits per heavy atom. The van der Waals surface area contributed by atoms with Crippen LogP contribution in [0.4, 0.5) is 10.1 Å². The van der Waals surface area contributed by atoms with Crippen molar-refractivity contribution >= 4 is 51.4 Å². The van der Waals surface area contributed by atoms with Gasteiger partial charge in [-0.25, -0.2) is 9.37 Å². The van der Waals surface area contributed by atoms with Crippen molar-refractivity contribution in [3.05, 3.63) is 50.3 Å². The van der Waals surface area contributed by atoms with E-state index < -0.39 is 5.82 Å². The van der Waals surface area contributed by atoms with Gasteiger partial charge in [0.25, 0.3) is 0 Å². The van der Waals surface area contributed by atoms with E-state index in [4.69, 9.17) is 17.3 Å². The summed E-state index contributed by atoms with van der Waals surface area (Å²) in [6.45, 7) is 0. The number of H-pyrrole nitrogens is 1. The minimum Gasteiger partial charge on any atom is -0.398 e. The fourth-order valence-corrected chi connectivity index (χ4v) is 4.34. The second-order valence-corrected chi connectivity index (χ2v) is 7.88. The van der Waals surface area contributed by atoms with E-state index in [9.17, 15) is 9.18 Å². The Bertz CT molecular complexity index is 897. The van der Waals surface area contributed by atoms with Crippen LogP contribution in [0.25, 0.3) is 5.57 Å². The molecular formula is C17H15ClFIN4O. The van der Waals surface area contributed by atoms with Gasteiger partial charge in [0, 0.05) is 23.4 Å². The van der Waals surface area contributed by atoms with Crippen LogP contribution in [0.1, 0.15) is 36.7 Å². The summed E-state index contributed by atoms with van der Waals surface area (Å²) in [5, 5.41) is 0.00874. The van der Waals surface area contributed by atoms with Gasteiger partial charge in [-0.3, -0.25) is 4.79 Å². The van der Waals surface area contributed by atoms with Crippen molar-refractivity contribution in [2.24, 2.45) is 0 Å². The number of nitrogens with two attached hydrogens (primary N) is 1. The van der Waals surface area contributed by atoms with Crippen molar-refractivity contribution in [3.8, 4) is 0 Å². The average molecular weight is 473 g/mol. The van der Waals surface area contributed by atoms with Crippen LogP contribution in [0.2, 0.25) is 5.02 Å². The van der Waals surface area contributed by atoms with Crippen LogP contribution in [-0.4, -0.2) is 26.8 Å². The number of nitrogens with zero attached hydrogens (tertiary/aromatic N) is 2. The molecule has 0 aliphatic carbocycles. The summed E-state index contributed by atoms with van der Waals surface area (Å²) >= 11 is 8.05. The molecule has 4 rings (SSSR count). The number of nitrogen functional groups attached to an aromatic ring is 1. The van der Waals surface area contributed by atoms with Gasteiger partial charge in [-0.15, -0.1) is 0 Å². The highest BCUT2D eigenvalue weighted by Crippen LogP contribution is 2.43. The molecule has 0 spiro atoms. The van der Waals surface area contributed by atoms with Gasteiger partial charge in [-0.05, 0) is 59.6 Å². The molecule has 1 amide bonds. The molecule has 1 fully saturated rings. The largest absolute Gasteiger partial charge is 0.398 e. The average Bonchev–Trinajstić information content (AvgIpc) is 3.17. The summed E-state index contributed by atoms with van der Waals surface area (Å²) < 4.78 is 15.4. The van der Waals surface area contributed by atoms with Gasteiger partial charge >= 0.3 is 0 Å². The first-order chi connectivity index (χ1) is 12.0. The number of hydrogen-bond donors (Lipinski definition) is 2. The number of halogens is 3. The standard InChI is InChI=1S/C17H15ClFIN4O/c18-10-2-3-11(21)15(16(10)19)8-5-9-1-4-12(24(9)14(25)6-8)17-22-7-13(20)23-17/h2-3,6-7,9,12H,1,4-5,21H2,(H,22,23)/t9-,12?/m1/s1. The fourth-order valence-electron chi connectivity index (χ4n) is 3.77. The zero-order valence-electron chi connectivity index (χ0n) is 13.1. The van der Waals surface area contributed by atoms with Crippen molar-refractivity contribution in [3.63, 3.8) is 0 Å². The maximum absolute atomic E-state index is 14.5. The molecule has 2 atom stereocenters. The van der Waals surface area contributed by atoms with Crippen LogP contribution in [0.3, 0.4) is 0 Å². The molecule has 130 valence electrons. The molecule has 1 unspecified atom stereocenters. The van der Waals surface area contributed by atoms with Crippen LogP contribution in [0.15, 0.2) is 24.4 Å². The van der Waals surface area contributed by atoms with Crippen molar-refractivity contribution in [2.45, 2.75) is 31.3 Å². The van der Waals surface area contributed by atoms with E-state index in [1.807, 2.05) is 4.90 Å². The van der Waals surface area contributed by atoms with Crippen LogP contribution < -0.4 is 5.73 Å². The summed E-state index contributed by atoms with van der Waals surface area (Å²) in [4.78, 5) is 22.2. The molecule has 1 aromatic carbocycles. The number of imidazole rings is 1. The van der Waals surface area contributed by atoms with Gasteiger partial charge in [-0.2, -0.15) is 0 Å². The van der Waals surface area contributed by atoms with Gasteiger partial charge in [0.2, 0.25) is 5.91 Å². The smallest absolute Gasteiger partial charge is 0.247 e. The Morgan fingerprint density at radius 2 is 2.20 bits per heavy atom. The molecule has 3 heterocycles. The highest BCUT2D eigenvalue weighted by Gasteiger charge is 2.41. The SMILES string of the molecule is Nc1ccc(Cl)c(F)c1C1=CC(=O)N2C(c3ncc(I)[nH]3)CC[C@@H]2C1. The number of rotatable bonds is 2. The summed E-state index contributed by atoms with van der Waals surface area (Å²) in [5.74, 6) is 0.0915. The number of aromatic amines is 1. The number of hydrogen-bond acceptors (Lipinski definition) is 3. The topological polar surface area (TPSA) is 75.0 Å². The van der Waals surface area contributed by atoms with Crippen molar-refractivity contribution < 1.29 is 9.18 Å². The quantitative estimate of drug-likeness (QED) is 0.514. The molecule has 0 bridgehead atoms. The number of amides is 1. The van der Waals surface area contributed by atoms with Crippen molar-refractivity contribution in [2.75, 3.05) is 5.73 Å². The van der Waals surface area contributed by atoms with Gasteiger partial charge in [0.1, 0.15) is 5.82 Å². The molecule has 0 radical (unpaired) electrons. The summed E-state index contributed by atoms with van der Waals surface area (Å²) in [6.07, 6.45) is 5.46. The van der Waals surface area contributed by atoms with E-state index in [0.717, 1.165) is 22.4 Å². The Labute approximate surface area is 162 Å². The molecule has 1 aromatic heterocycles. The van der Waals surface area contributed by atoms with E-state index in [0.29, 0.717) is 17.7 Å². The van der Waals surface area contributed by atoms with Gasteiger partial charge < -0.3 is 15.6 Å². The zero-order chi connectivity index (χ0) is 17.7. The third-order valence-electron chi connectivity index (χ3n) is 4.84. The molecule has 1 saturated heterocycles. The Balaban J connectivity index is 1.70. The first kappa shape index (κ1) is 16.8. The molecule has 0 saturated carbocycles. The molecular weight excluding hydrogens is 458 g/mol. The molecule has 2 aliphatic heterocycles. The Hall–Kier alpha value is -1.61. The molecule has 3 N–H and O–H groups in total. The maximum atomic E-state index is 14.5. The number of nitrogens with one attached hydrogen (secondary N) is 1. The number of carbonyl (C=O) groups excluding carboxylic acids is 1. The second kappa shape index (κ2) is 6.28. The van der Waals surface area contributed by atoms with E-state index in [1.165, 1.54) is 12.1 Å². The van der Waals surface area contributed by atoms with Crippen LogP contribution in [0, 0.1) is 9.52 Å². The molecule has 25 heavy (non-hydrogen) atoms. The highest BCUT2D eigenvalue weighted by atomic mass is 127. The third kappa shape index (κ3) is 2.83.